The maximum absolute atomic E-state index is 12.9. The quantitative estimate of drug-likeness (QED) is 0.597. The van der Waals surface area contributed by atoms with Crippen molar-refractivity contribution >= 4 is 8.80 Å². The highest BCUT2D eigenvalue weighted by atomic mass is 28.4. The summed E-state index contributed by atoms with van der Waals surface area (Å²) in [4.78, 5) is 0. The molecule has 0 aliphatic rings. The van der Waals surface area contributed by atoms with Crippen LogP contribution in [-0.4, -0.2) is 35.4 Å². The Bertz CT molecular complexity index is 106. The molecule has 0 amide bonds. The summed E-state index contributed by atoms with van der Waals surface area (Å²) in [5.74, 6) is -1.18. The molecule has 11 heavy (non-hydrogen) atoms. The zero-order valence-corrected chi connectivity index (χ0v) is 8.39. The van der Waals surface area contributed by atoms with Gasteiger partial charge in [-0.2, -0.15) is 0 Å². The molecule has 0 aliphatic heterocycles. The van der Waals surface area contributed by atoms with Gasteiger partial charge in [0.2, 0.25) is 0 Å². The molecule has 0 aromatic heterocycles. The van der Waals surface area contributed by atoms with E-state index in [1.807, 2.05) is 0 Å². The van der Waals surface area contributed by atoms with Gasteiger partial charge >= 0.3 is 8.80 Å². The van der Waals surface area contributed by atoms with Crippen LogP contribution in [0.2, 0.25) is 0 Å². The average molecular weight is 182 g/mol. The van der Waals surface area contributed by atoms with Crippen molar-refractivity contribution < 1.29 is 17.7 Å². The van der Waals surface area contributed by atoms with Gasteiger partial charge in [0.15, 0.2) is 5.79 Å². The first-order valence-corrected chi connectivity index (χ1v) is 5.31. The first-order chi connectivity index (χ1) is 5.13. The van der Waals surface area contributed by atoms with Crippen LogP contribution in [-0.2, 0) is 13.3 Å². The standard InChI is InChI=1S/C6H15FO3Si/c1-5-10-11(8-3,9-4)6(2)7/h6H,5H2,1-4H3. The third kappa shape index (κ3) is 2.52. The minimum absolute atomic E-state index is 0.405. The Labute approximate surface area is 67.8 Å². The summed E-state index contributed by atoms with van der Waals surface area (Å²) < 4.78 is 27.8. The Kier molecular flexibility index (Phi) is 4.83. The SMILES string of the molecule is CCO[Si](OC)(OC)C(C)F. The minimum atomic E-state index is -2.99. The molecule has 0 fully saturated rings. The van der Waals surface area contributed by atoms with Crippen molar-refractivity contribution in [3.63, 3.8) is 0 Å². The summed E-state index contributed by atoms with van der Waals surface area (Å²) >= 11 is 0. The second kappa shape index (κ2) is 4.81. The summed E-state index contributed by atoms with van der Waals surface area (Å²) in [5.41, 5.74) is 0. The van der Waals surface area contributed by atoms with Crippen LogP contribution in [0.1, 0.15) is 13.8 Å². The number of hydrogen-bond acceptors (Lipinski definition) is 3. The minimum Gasteiger partial charge on any atom is -0.375 e. The van der Waals surface area contributed by atoms with Crippen LogP contribution in [0.15, 0.2) is 0 Å². The van der Waals surface area contributed by atoms with Gasteiger partial charge in [-0.15, -0.1) is 0 Å². The molecule has 0 bridgehead atoms. The molecule has 1 unspecified atom stereocenters. The lowest BCUT2D eigenvalue weighted by Gasteiger charge is -2.26. The van der Waals surface area contributed by atoms with E-state index in [0.29, 0.717) is 6.61 Å². The molecule has 0 aliphatic carbocycles. The van der Waals surface area contributed by atoms with Crippen LogP contribution in [0.25, 0.3) is 0 Å². The Hall–Kier alpha value is 0.0269. The molecular weight excluding hydrogens is 167 g/mol. The van der Waals surface area contributed by atoms with Crippen molar-refractivity contribution in [1.82, 2.24) is 0 Å². The smallest absolute Gasteiger partial charge is 0.375 e. The van der Waals surface area contributed by atoms with Crippen LogP contribution in [0.5, 0.6) is 0 Å². The van der Waals surface area contributed by atoms with E-state index < -0.39 is 14.6 Å². The van der Waals surface area contributed by atoms with Gasteiger partial charge < -0.3 is 13.3 Å². The van der Waals surface area contributed by atoms with E-state index in [-0.39, 0.29) is 0 Å². The average Bonchev–Trinajstić information content (AvgIpc) is 2.00. The summed E-state index contributed by atoms with van der Waals surface area (Å²) in [6.07, 6.45) is 0. The normalized spacial score (nSPS) is 15.0. The van der Waals surface area contributed by atoms with E-state index in [9.17, 15) is 4.39 Å². The molecular formula is C6H15FO3Si. The second-order valence-electron chi connectivity index (χ2n) is 2.06. The van der Waals surface area contributed by atoms with E-state index in [1.165, 1.54) is 21.1 Å². The molecule has 0 saturated carbocycles. The molecule has 3 nitrogen and oxygen atoms in total. The van der Waals surface area contributed by atoms with Crippen LogP contribution in [0.3, 0.4) is 0 Å². The molecule has 0 saturated heterocycles. The molecule has 0 radical (unpaired) electrons. The monoisotopic (exact) mass is 182 g/mol. The lowest BCUT2D eigenvalue weighted by atomic mass is 10.9. The van der Waals surface area contributed by atoms with Gasteiger partial charge in [-0.25, -0.2) is 4.39 Å². The van der Waals surface area contributed by atoms with Crippen LogP contribution >= 0.6 is 0 Å². The summed E-state index contributed by atoms with van der Waals surface area (Å²) in [5, 5.41) is 0. The van der Waals surface area contributed by atoms with Crippen molar-refractivity contribution in [2.24, 2.45) is 0 Å². The van der Waals surface area contributed by atoms with Gasteiger partial charge in [0.05, 0.1) is 0 Å². The van der Waals surface area contributed by atoms with E-state index >= 15 is 0 Å². The first-order valence-electron chi connectivity index (χ1n) is 3.51. The second-order valence-corrected chi connectivity index (χ2v) is 5.17. The molecule has 0 aromatic rings. The zero-order chi connectivity index (χ0) is 8.91. The first kappa shape index (κ1) is 11.0. The fraction of sp³-hybridized carbons (Fsp3) is 1.00. The Morgan fingerprint density at radius 2 is 1.82 bits per heavy atom. The Morgan fingerprint density at radius 3 is 1.91 bits per heavy atom. The highest BCUT2D eigenvalue weighted by molar-refractivity contribution is 6.61. The summed E-state index contributed by atoms with van der Waals surface area (Å²) in [6, 6.07) is 0. The summed E-state index contributed by atoms with van der Waals surface area (Å²) in [7, 11) is -0.179. The molecule has 0 N–H and O–H groups in total. The highest BCUT2D eigenvalue weighted by Gasteiger charge is 2.46. The van der Waals surface area contributed by atoms with Crippen molar-refractivity contribution in [3.05, 3.63) is 0 Å². The van der Waals surface area contributed by atoms with E-state index in [1.54, 1.807) is 6.92 Å². The molecule has 0 spiro atoms. The van der Waals surface area contributed by atoms with E-state index in [0.717, 1.165) is 0 Å². The third-order valence-corrected chi connectivity index (χ3v) is 4.21. The largest absolute Gasteiger partial charge is 0.536 e. The highest BCUT2D eigenvalue weighted by Crippen LogP contribution is 2.14. The molecule has 0 rings (SSSR count). The van der Waals surface area contributed by atoms with Gasteiger partial charge in [0.25, 0.3) is 0 Å². The van der Waals surface area contributed by atoms with E-state index in [2.05, 4.69) is 0 Å². The topological polar surface area (TPSA) is 27.7 Å². The maximum Gasteiger partial charge on any atom is 0.536 e. The van der Waals surface area contributed by atoms with Crippen molar-refractivity contribution in [3.8, 4) is 0 Å². The van der Waals surface area contributed by atoms with Crippen LogP contribution in [0.4, 0.5) is 4.39 Å². The predicted molar refractivity (Wildman–Crippen MR) is 42.0 cm³/mol. The van der Waals surface area contributed by atoms with Gasteiger partial charge in [-0.05, 0) is 13.8 Å². The lowest BCUT2D eigenvalue weighted by Crippen LogP contribution is -2.52. The number of rotatable bonds is 5. The summed E-state index contributed by atoms with van der Waals surface area (Å²) in [6.45, 7) is 3.57. The third-order valence-electron chi connectivity index (χ3n) is 1.40. The Balaban J connectivity index is 4.20. The van der Waals surface area contributed by atoms with Crippen molar-refractivity contribution in [1.29, 1.82) is 0 Å². The lowest BCUT2D eigenvalue weighted by molar-refractivity contribution is 0.0756. The number of halogens is 1. The Morgan fingerprint density at radius 1 is 1.36 bits per heavy atom. The van der Waals surface area contributed by atoms with E-state index in [4.69, 9.17) is 13.3 Å². The molecule has 1 atom stereocenters. The molecule has 68 valence electrons. The molecule has 5 heteroatoms. The fourth-order valence-electron chi connectivity index (χ4n) is 0.842. The van der Waals surface area contributed by atoms with Crippen LogP contribution < -0.4 is 0 Å². The zero-order valence-electron chi connectivity index (χ0n) is 7.39. The molecule has 0 heterocycles. The van der Waals surface area contributed by atoms with Crippen molar-refractivity contribution in [2.45, 2.75) is 19.6 Å². The predicted octanol–water partition coefficient (Wildman–Crippen LogP) is 1.15. The number of hydrogen-bond donors (Lipinski definition) is 0. The van der Waals surface area contributed by atoms with Crippen LogP contribution in [0, 0.1) is 0 Å². The van der Waals surface area contributed by atoms with Crippen molar-refractivity contribution in [2.75, 3.05) is 20.8 Å². The fourth-order valence-corrected chi connectivity index (χ4v) is 2.53. The molecule has 0 aromatic carbocycles. The number of alkyl halides is 1. The van der Waals surface area contributed by atoms with Gasteiger partial charge in [-0.1, -0.05) is 0 Å². The van der Waals surface area contributed by atoms with Gasteiger partial charge in [0.1, 0.15) is 0 Å². The van der Waals surface area contributed by atoms with Gasteiger partial charge in [0, 0.05) is 20.8 Å². The van der Waals surface area contributed by atoms with Gasteiger partial charge in [-0.3, -0.25) is 0 Å². The maximum atomic E-state index is 12.9.